The molecule has 3 rings (SSSR count). The molecule has 24 heavy (non-hydrogen) atoms. The molecule has 2 heterocycles. The number of nitrogens with zero attached hydrogens (tertiary/aromatic N) is 2. The van der Waals surface area contributed by atoms with Gasteiger partial charge in [-0.2, -0.15) is 0 Å². The van der Waals surface area contributed by atoms with Gasteiger partial charge in [-0.15, -0.1) is 0 Å². The van der Waals surface area contributed by atoms with Gasteiger partial charge in [-0.1, -0.05) is 23.7 Å². The van der Waals surface area contributed by atoms with E-state index >= 15 is 0 Å². The Morgan fingerprint density at radius 2 is 2.00 bits per heavy atom. The number of rotatable bonds is 5. The molecular weight excluding hydrogens is 328 g/mol. The molecule has 0 amide bonds. The molecule has 1 fully saturated rings. The predicted octanol–water partition coefficient (Wildman–Crippen LogP) is 3.33. The van der Waals surface area contributed by atoms with E-state index in [1.807, 2.05) is 24.3 Å². The number of pyridine rings is 1. The standard InChI is InChI=1S/C18H21ClN2O3/c1-22-16-7-8-20-15(18(16)23-2)11-21-9-10-24-17(12-21)13-3-5-14(19)6-4-13/h3-8,17H,9-12H2,1-2H3/t17-/m1/s1. The van der Waals surface area contributed by atoms with Crippen molar-refractivity contribution in [3.8, 4) is 11.5 Å². The highest BCUT2D eigenvalue weighted by Crippen LogP contribution is 2.31. The van der Waals surface area contributed by atoms with Gasteiger partial charge in [0.05, 0.1) is 26.9 Å². The highest BCUT2D eigenvalue weighted by Gasteiger charge is 2.24. The van der Waals surface area contributed by atoms with Gasteiger partial charge in [-0.05, 0) is 17.7 Å². The van der Waals surface area contributed by atoms with Crippen molar-refractivity contribution < 1.29 is 14.2 Å². The van der Waals surface area contributed by atoms with Gasteiger partial charge in [0.25, 0.3) is 0 Å². The minimum absolute atomic E-state index is 0.0348. The van der Waals surface area contributed by atoms with Crippen molar-refractivity contribution in [2.24, 2.45) is 0 Å². The van der Waals surface area contributed by atoms with Crippen molar-refractivity contribution >= 4 is 11.6 Å². The van der Waals surface area contributed by atoms with E-state index in [0.29, 0.717) is 24.7 Å². The maximum atomic E-state index is 5.96. The Morgan fingerprint density at radius 1 is 1.21 bits per heavy atom. The SMILES string of the molecule is COc1ccnc(CN2CCO[C@@H](c3ccc(Cl)cc3)C2)c1OC. The molecule has 0 radical (unpaired) electrons. The average Bonchev–Trinajstić information content (AvgIpc) is 2.62. The number of methoxy groups -OCH3 is 2. The third-order valence-electron chi connectivity index (χ3n) is 4.13. The second-order valence-corrected chi connectivity index (χ2v) is 6.08. The smallest absolute Gasteiger partial charge is 0.183 e. The fraction of sp³-hybridized carbons (Fsp3) is 0.389. The summed E-state index contributed by atoms with van der Waals surface area (Å²) in [6, 6.07) is 9.62. The lowest BCUT2D eigenvalue weighted by molar-refractivity contribution is -0.0334. The average molecular weight is 349 g/mol. The van der Waals surface area contributed by atoms with Crippen molar-refractivity contribution in [3.63, 3.8) is 0 Å². The molecule has 1 aromatic carbocycles. The van der Waals surface area contributed by atoms with Crippen LogP contribution in [0.3, 0.4) is 0 Å². The molecule has 0 unspecified atom stereocenters. The molecule has 0 N–H and O–H groups in total. The number of halogens is 1. The van der Waals surface area contributed by atoms with Gasteiger partial charge in [-0.25, -0.2) is 0 Å². The number of hydrogen-bond donors (Lipinski definition) is 0. The zero-order valence-electron chi connectivity index (χ0n) is 13.9. The molecule has 1 aromatic heterocycles. The first-order valence-electron chi connectivity index (χ1n) is 7.86. The summed E-state index contributed by atoms with van der Waals surface area (Å²) >= 11 is 5.96. The molecule has 128 valence electrons. The summed E-state index contributed by atoms with van der Waals surface area (Å²) in [5, 5.41) is 0.733. The monoisotopic (exact) mass is 348 g/mol. The predicted molar refractivity (Wildman–Crippen MR) is 92.8 cm³/mol. The van der Waals surface area contributed by atoms with E-state index in [-0.39, 0.29) is 6.10 Å². The largest absolute Gasteiger partial charge is 0.493 e. The molecule has 0 bridgehead atoms. The van der Waals surface area contributed by atoms with Gasteiger partial charge in [-0.3, -0.25) is 9.88 Å². The van der Waals surface area contributed by atoms with Crippen LogP contribution in [0.25, 0.3) is 0 Å². The summed E-state index contributed by atoms with van der Waals surface area (Å²) < 4.78 is 16.7. The van der Waals surface area contributed by atoms with E-state index in [2.05, 4.69) is 9.88 Å². The highest BCUT2D eigenvalue weighted by atomic mass is 35.5. The Hall–Kier alpha value is -1.82. The minimum atomic E-state index is 0.0348. The lowest BCUT2D eigenvalue weighted by Crippen LogP contribution is -2.38. The normalized spacial score (nSPS) is 18.4. The lowest BCUT2D eigenvalue weighted by atomic mass is 10.1. The van der Waals surface area contributed by atoms with Crippen molar-refractivity contribution in [1.29, 1.82) is 0 Å². The summed E-state index contributed by atoms with van der Waals surface area (Å²) in [6.07, 6.45) is 1.78. The third kappa shape index (κ3) is 3.80. The van der Waals surface area contributed by atoms with Crippen LogP contribution in [0.15, 0.2) is 36.5 Å². The Balaban J connectivity index is 1.73. The quantitative estimate of drug-likeness (QED) is 0.829. The molecule has 2 aromatic rings. The molecule has 0 spiro atoms. The van der Waals surface area contributed by atoms with Crippen LogP contribution < -0.4 is 9.47 Å². The van der Waals surface area contributed by atoms with E-state index in [1.54, 1.807) is 26.5 Å². The first-order chi connectivity index (χ1) is 11.7. The van der Waals surface area contributed by atoms with Crippen molar-refractivity contribution in [2.45, 2.75) is 12.6 Å². The summed E-state index contributed by atoms with van der Waals surface area (Å²) in [7, 11) is 3.27. The topological polar surface area (TPSA) is 43.8 Å². The molecule has 6 heteroatoms. The number of benzene rings is 1. The van der Waals surface area contributed by atoms with Gasteiger partial charge in [0.15, 0.2) is 11.5 Å². The van der Waals surface area contributed by atoms with E-state index < -0.39 is 0 Å². The molecule has 1 aliphatic rings. The Morgan fingerprint density at radius 3 is 2.71 bits per heavy atom. The van der Waals surface area contributed by atoms with Crippen LogP contribution in [0.5, 0.6) is 11.5 Å². The summed E-state index contributed by atoms with van der Waals surface area (Å²) in [5.74, 6) is 1.39. The number of morpholine rings is 1. The van der Waals surface area contributed by atoms with Crippen LogP contribution in [0.4, 0.5) is 0 Å². The van der Waals surface area contributed by atoms with Crippen molar-refractivity contribution in [1.82, 2.24) is 9.88 Å². The summed E-state index contributed by atoms with van der Waals surface area (Å²) in [6.45, 7) is 3.02. The molecule has 1 atom stereocenters. The third-order valence-corrected chi connectivity index (χ3v) is 4.38. The Labute approximate surface area is 147 Å². The van der Waals surface area contributed by atoms with E-state index in [1.165, 1.54) is 0 Å². The van der Waals surface area contributed by atoms with Gasteiger partial charge >= 0.3 is 0 Å². The van der Waals surface area contributed by atoms with Gasteiger partial charge < -0.3 is 14.2 Å². The van der Waals surface area contributed by atoms with E-state index in [4.69, 9.17) is 25.8 Å². The molecule has 1 aliphatic heterocycles. The molecular formula is C18H21ClN2O3. The fourth-order valence-electron chi connectivity index (χ4n) is 2.90. The van der Waals surface area contributed by atoms with Crippen molar-refractivity contribution in [3.05, 3.63) is 52.8 Å². The zero-order valence-corrected chi connectivity index (χ0v) is 14.6. The van der Waals surface area contributed by atoms with Crippen LogP contribution in [0.1, 0.15) is 17.4 Å². The molecule has 1 saturated heterocycles. The second kappa shape index (κ2) is 7.83. The first-order valence-corrected chi connectivity index (χ1v) is 8.24. The molecule has 0 saturated carbocycles. The summed E-state index contributed by atoms with van der Waals surface area (Å²) in [5.41, 5.74) is 2.00. The maximum Gasteiger partial charge on any atom is 0.183 e. The van der Waals surface area contributed by atoms with Gasteiger partial charge in [0.2, 0.25) is 0 Å². The van der Waals surface area contributed by atoms with Crippen LogP contribution >= 0.6 is 11.6 Å². The molecule has 0 aliphatic carbocycles. The van der Waals surface area contributed by atoms with Gasteiger partial charge in [0, 0.05) is 36.9 Å². The van der Waals surface area contributed by atoms with E-state index in [9.17, 15) is 0 Å². The summed E-state index contributed by atoms with van der Waals surface area (Å²) in [4.78, 5) is 6.77. The van der Waals surface area contributed by atoms with E-state index in [0.717, 1.165) is 29.4 Å². The molecule has 5 nitrogen and oxygen atoms in total. The van der Waals surface area contributed by atoms with Crippen molar-refractivity contribution in [2.75, 3.05) is 33.9 Å². The van der Waals surface area contributed by atoms with Crippen LogP contribution in [-0.4, -0.2) is 43.8 Å². The lowest BCUT2D eigenvalue weighted by Gasteiger charge is -2.33. The first kappa shape index (κ1) is 17.0. The van der Waals surface area contributed by atoms with Crippen LogP contribution in [0.2, 0.25) is 5.02 Å². The Bertz CT molecular complexity index is 678. The number of hydrogen-bond acceptors (Lipinski definition) is 5. The Kier molecular flexibility index (Phi) is 5.56. The highest BCUT2D eigenvalue weighted by molar-refractivity contribution is 6.30. The number of aromatic nitrogens is 1. The van der Waals surface area contributed by atoms with Crippen LogP contribution in [0, 0.1) is 0 Å². The number of ether oxygens (including phenoxy) is 3. The van der Waals surface area contributed by atoms with Gasteiger partial charge in [0.1, 0.15) is 5.69 Å². The zero-order chi connectivity index (χ0) is 16.9. The second-order valence-electron chi connectivity index (χ2n) is 5.64. The maximum absolute atomic E-state index is 5.96. The minimum Gasteiger partial charge on any atom is -0.493 e. The van der Waals surface area contributed by atoms with Crippen LogP contribution in [-0.2, 0) is 11.3 Å². The fourth-order valence-corrected chi connectivity index (χ4v) is 3.03.